The van der Waals surface area contributed by atoms with Crippen molar-refractivity contribution >= 4 is 12.4 Å². The first-order chi connectivity index (χ1) is 8.34. The van der Waals surface area contributed by atoms with E-state index in [0.717, 1.165) is 43.7 Å². The molecular weight excluding hydrogens is 248 g/mol. The number of ether oxygens (including phenoxy) is 1. The van der Waals surface area contributed by atoms with Crippen LogP contribution in [0.1, 0.15) is 39.0 Å². The Hall–Kier alpha value is 0.170. The van der Waals surface area contributed by atoms with E-state index in [0.29, 0.717) is 6.04 Å². The molecule has 3 rings (SSSR count). The van der Waals surface area contributed by atoms with Gasteiger partial charge in [0.25, 0.3) is 0 Å². The molecule has 0 aromatic carbocycles. The summed E-state index contributed by atoms with van der Waals surface area (Å²) < 4.78 is 5.62. The summed E-state index contributed by atoms with van der Waals surface area (Å²) in [6.45, 7) is 5.21. The van der Waals surface area contributed by atoms with Gasteiger partial charge in [-0.05, 0) is 44.4 Å². The molecule has 2 saturated carbocycles. The highest BCUT2D eigenvalue weighted by Crippen LogP contribution is 2.35. The number of rotatable bonds is 4. The Morgan fingerprint density at radius 3 is 2.72 bits per heavy atom. The van der Waals surface area contributed by atoms with Crippen LogP contribution in [0.3, 0.4) is 0 Å². The number of halogens is 1. The van der Waals surface area contributed by atoms with E-state index in [2.05, 4.69) is 17.6 Å². The largest absolute Gasteiger partial charge is 0.379 e. The number of hydrogen-bond donors (Lipinski definition) is 2. The first-order valence-corrected chi connectivity index (χ1v) is 7.42. The molecule has 0 spiro atoms. The third kappa shape index (κ3) is 3.38. The van der Waals surface area contributed by atoms with Crippen molar-refractivity contribution < 1.29 is 4.74 Å². The third-order valence-corrected chi connectivity index (χ3v) is 4.84. The second kappa shape index (κ2) is 6.56. The highest BCUT2D eigenvalue weighted by molar-refractivity contribution is 5.85. The maximum absolute atomic E-state index is 5.62. The van der Waals surface area contributed by atoms with E-state index in [4.69, 9.17) is 4.74 Å². The highest BCUT2D eigenvalue weighted by Gasteiger charge is 2.37. The minimum atomic E-state index is 0. The van der Waals surface area contributed by atoms with Crippen molar-refractivity contribution in [1.29, 1.82) is 0 Å². The molecule has 3 fully saturated rings. The summed E-state index contributed by atoms with van der Waals surface area (Å²) in [6.07, 6.45) is 7.00. The van der Waals surface area contributed by atoms with E-state index in [1.807, 2.05) is 0 Å². The van der Waals surface area contributed by atoms with Gasteiger partial charge in [-0.25, -0.2) is 0 Å². The lowest BCUT2D eigenvalue weighted by Gasteiger charge is -2.34. The molecule has 3 aliphatic rings. The molecule has 1 heterocycles. The minimum Gasteiger partial charge on any atom is -0.379 e. The average molecular weight is 275 g/mol. The summed E-state index contributed by atoms with van der Waals surface area (Å²) in [7, 11) is 0. The highest BCUT2D eigenvalue weighted by atomic mass is 35.5. The van der Waals surface area contributed by atoms with E-state index in [1.165, 1.54) is 32.1 Å². The lowest BCUT2D eigenvalue weighted by Crippen LogP contribution is -2.52. The maximum Gasteiger partial charge on any atom is 0.0623 e. The molecule has 0 bridgehead atoms. The normalized spacial score (nSPS) is 38.2. The minimum absolute atomic E-state index is 0. The second-order valence-corrected chi connectivity index (χ2v) is 6.13. The molecule has 4 heteroatoms. The summed E-state index contributed by atoms with van der Waals surface area (Å²) >= 11 is 0. The topological polar surface area (TPSA) is 33.3 Å². The van der Waals surface area contributed by atoms with Gasteiger partial charge < -0.3 is 15.4 Å². The van der Waals surface area contributed by atoms with Crippen LogP contribution in [0.4, 0.5) is 0 Å². The average Bonchev–Trinajstić information content (AvgIpc) is 3.12. The predicted molar refractivity (Wildman–Crippen MR) is 76.3 cm³/mol. The van der Waals surface area contributed by atoms with Crippen LogP contribution in [-0.4, -0.2) is 37.9 Å². The van der Waals surface area contributed by atoms with Crippen molar-refractivity contribution in [1.82, 2.24) is 10.6 Å². The first-order valence-electron chi connectivity index (χ1n) is 7.42. The van der Waals surface area contributed by atoms with Gasteiger partial charge in [-0.15, -0.1) is 12.4 Å². The molecule has 0 radical (unpaired) electrons. The van der Waals surface area contributed by atoms with Gasteiger partial charge in [0.05, 0.1) is 13.2 Å². The summed E-state index contributed by atoms with van der Waals surface area (Å²) in [6, 6.07) is 2.05. The SMILES string of the molecule is CC(NC1CCCC1C1COCCN1)C1CC1.Cl. The summed E-state index contributed by atoms with van der Waals surface area (Å²) in [5.41, 5.74) is 0. The van der Waals surface area contributed by atoms with Crippen molar-refractivity contribution in [2.75, 3.05) is 19.8 Å². The molecule has 4 atom stereocenters. The van der Waals surface area contributed by atoms with Gasteiger partial charge in [0.1, 0.15) is 0 Å². The van der Waals surface area contributed by atoms with Crippen molar-refractivity contribution in [2.45, 2.75) is 57.2 Å². The molecule has 1 saturated heterocycles. The fourth-order valence-corrected chi connectivity index (χ4v) is 3.61. The molecule has 18 heavy (non-hydrogen) atoms. The van der Waals surface area contributed by atoms with Gasteiger partial charge in [-0.3, -0.25) is 0 Å². The van der Waals surface area contributed by atoms with Gasteiger partial charge in [0, 0.05) is 24.7 Å². The lowest BCUT2D eigenvalue weighted by atomic mass is 9.93. The van der Waals surface area contributed by atoms with Gasteiger partial charge in [-0.1, -0.05) is 6.42 Å². The molecule has 3 nitrogen and oxygen atoms in total. The summed E-state index contributed by atoms with van der Waals surface area (Å²) in [5, 5.41) is 7.54. The Labute approximate surface area is 117 Å². The molecule has 1 aliphatic heterocycles. The van der Waals surface area contributed by atoms with Crippen molar-refractivity contribution in [3.63, 3.8) is 0 Å². The molecule has 0 amide bonds. The Kier molecular flexibility index (Phi) is 5.31. The maximum atomic E-state index is 5.62. The Morgan fingerprint density at radius 2 is 2.06 bits per heavy atom. The third-order valence-electron chi connectivity index (χ3n) is 4.84. The van der Waals surface area contributed by atoms with Crippen molar-refractivity contribution in [3.05, 3.63) is 0 Å². The van der Waals surface area contributed by atoms with Crippen molar-refractivity contribution in [2.24, 2.45) is 11.8 Å². The van der Waals surface area contributed by atoms with E-state index in [1.54, 1.807) is 0 Å². The molecule has 0 aromatic heterocycles. The van der Waals surface area contributed by atoms with Crippen LogP contribution in [0, 0.1) is 11.8 Å². The molecule has 0 aromatic rings. The second-order valence-electron chi connectivity index (χ2n) is 6.13. The van der Waals surface area contributed by atoms with E-state index >= 15 is 0 Å². The van der Waals surface area contributed by atoms with E-state index in [-0.39, 0.29) is 12.4 Å². The van der Waals surface area contributed by atoms with E-state index < -0.39 is 0 Å². The quantitative estimate of drug-likeness (QED) is 0.822. The van der Waals surface area contributed by atoms with Crippen LogP contribution in [0.5, 0.6) is 0 Å². The standard InChI is InChI=1S/C14H26N2O.ClH/c1-10(11-5-6-11)16-13-4-2-3-12(13)14-9-17-8-7-15-14;/h10-16H,2-9H2,1H3;1H. The van der Waals surface area contributed by atoms with Gasteiger partial charge >= 0.3 is 0 Å². The van der Waals surface area contributed by atoms with Crippen LogP contribution in [-0.2, 0) is 4.74 Å². The first kappa shape index (κ1) is 14.6. The zero-order valence-corrected chi connectivity index (χ0v) is 12.2. The van der Waals surface area contributed by atoms with Crippen LogP contribution >= 0.6 is 12.4 Å². The Morgan fingerprint density at radius 1 is 1.22 bits per heavy atom. The zero-order chi connectivity index (χ0) is 11.7. The fraction of sp³-hybridized carbons (Fsp3) is 1.00. The predicted octanol–water partition coefficient (Wildman–Crippen LogP) is 1.95. The Balaban J connectivity index is 0.00000120. The monoisotopic (exact) mass is 274 g/mol. The molecule has 4 unspecified atom stereocenters. The van der Waals surface area contributed by atoms with Gasteiger partial charge in [0.15, 0.2) is 0 Å². The fourth-order valence-electron chi connectivity index (χ4n) is 3.61. The Bertz CT molecular complexity index is 254. The lowest BCUT2D eigenvalue weighted by molar-refractivity contribution is 0.0516. The number of hydrogen-bond acceptors (Lipinski definition) is 3. The van der Waals surface area contributed by atoms with Crippen LogP contribution in [0.2, 0.25) is 0 Å². The van der Waals surface area contributed by atoms with E-state index in [9.17, 15) is 0 Å². The molecule has 106 valence electrons. The van der Waals surface area contributed by atoms with Gasteiger partial charge in [0.2, 0.25) is 0 Å². The van der Waals surface area contributed by atoms with Gasteiger partial charge in [-0.2, -0.15) is 0 Å². The van der Waals surface area contributed by atoms with Crippen LogP contribution in [0.15, 0.2) is 0 Å². The molecule has 2 N–H and O–H groups in total. The number of morpholine rings is 1. The van der Waals surface area contributed by atoms with Crippen LogP contribution < -0.4 is 10.6 Å². The summed E-state index contributed by atoms with van der Waals surface area (Å²) in [5.74, 6) is 1.75. The smallest absolute Gasteiger partial charge is 0.0623 e. The number of nitrogens with one attached hydrogen (secondary N) is 2. The molecule has 2 aliphatic carbocycles. The van der Waals surface area contributed by atoms with Crippen LogP contribution in [0.25, 0.3) is 0 Å². The summed E-state index contributed by atoms with van der Waals surface area (Å²) in [4.78, 5) is 0. The zero-order valence-electron chi connectivity index (χ0n) is 11.4. The molecular formula is C14H27ClN2O. The van der Waals surface area contributed by atoms with Crippen molar-refractivity contribution in [3.8, 4) is 0 Å².